The Hall–Kier alpha value is -0.970. The van der Waals surface area contributed by atoms with Crippen molar-refractivity contribution in [1.29, 1.82) is 0 Å². The summed E-state index contributed by atoms with van der Waals surface area (Å²) in [7, 11) is 0. The van der Waals surface area contributed by atoms with E-state index in [1.165, 1.54) is 49.9 Å². The number of rotatable bonds is 6. The number of hydrogen-bond donors (Lipinski definition) is 1. The van der Waals surface area contributed by atoms with E-state index in [1.807, 2.05) is 0 Å². The zero-order valence-corrected chi connectivity index (χ0v) is 13.3. The maximum atomic E-state index is 11.9. The molecule has 20 heavy (non-hydrogen) atoms. The van der Waals surface area contributed by atoms with Crippen molar-refractivity contribution in [1.82, 2.24) is 10.2 Å². The van der Waals surface area contributed by atoms with Gasteiger partial charge in [-0.25, -0.2) is 0 Å². The van der Waals surface area contributed by atoms with E-state index in [-0.39, 0.29) is 5.91 Å². The van der Waals surface area contributed by atoms with Gasteiger partial charge in [-0.3, -0.25) is 4.79 Å². The number of aromatic nitrogens is 2. The van der Waals surface area contributed by atoms with Gasteiger partial charge < -0.3 is 5.32 Å². The van der Waals surface area contributed by atoms with Gasteiger partial charge in [0.25, 0.3) is 0 Å². The van der Waals surface area contributed by atoms with Crippen molar-refractivity contribution in [3.05, 3.63) is 5.01 Å². The molecule has 0 aromatic carbocycles. The van der Waals surface area contributed by atoms with E-state index in [9.17, 15) is 4.79 Å². The summed E-state index contributed by atoms with van der Waals surface area (Å²) in [6.45, 7) is 4.16. The number of carbonyl (C=O) groups is 1. The van der Waals surface area contributed by atoms with Crippen molar-refractivity contribution >= 4 is 22.4 Å². The van der Waals surface area contributed by atoms with E-state index >= 15 is 0 Å². The average Bonchev–Trinajstić information content (AvgIpc) is 2.88. The molecule has 0 bridgehead atoms. The minimum Gasteiger partial charge on any atom is -0.301 e. The van der Waals surface area contributed by atoms with Crippen LogP contribution in [0.5, 0.6) is 0 Å². The number of amides is 1. The third kappa shape index (κ3) is 4.85. The van der Waals surface area contributed by atoms with Crippen LogP contribution in [0.25, 0.3) is 0 Å². The minimum absolute atomic E-state index is 0.0762. The van der Waals surface area contributed by atoms with Gasteiger partial charge in [0.2, 0.25) is 11.0 Å². The van der Waals surface area contributed by atoms with Crippen LogP contribution < -0.4 is 5.32 Å². The summed E-state index contributed by atoms with van der Waals surface area (Å²) in [6, 6.07) is 0. The van der Waals surface area contributed by atoms with Crippen LogP contribution in [0.2, 0.25) is 0 Å². The van der Waals surface area contributed by atoms with E-state index in [0.717, 1.165) is 17.3 Å². The second-order valence-electron chi connectivity index (χ2n) is 6.04. The zero-order valence-electron chi connectivity index (χ0n) is 12.5. The van der Waals surface area contributed by atoms with Gasteiger partial charge in [-0.15, -0.1) is 10.2 Å². The second-order valence-corrected chi connectivity index (χ2v) is 7.05. The fraction of sp³-hybridized carbons (Fsp3) is 0.800. The normalized spacial score (nSPS) is 16.6. The number of nitrogens with one attached hydrogen (secondary N) is 1. The Kier molecular flexibility index (Phi) is 5.95. The molecule has 1 N–H and O–H groups in total. The molecule has 1 fully saturated rings. The second kappa shape index (κ2) is 7.72. The molecule has 0 aliphatic heterocycles. The predicted molar refractivity (Wildman–Crippen MR) is 83.1 cm³/mol. The van der Waals surface area contributed by atoms with Gasteiger partial charge in [0.1, 0.15) is 5.01 Å². The number of carbonyl (C=O) groups excluding carboxylic acids is 1. The highest BCUT2D eigenvalue weighted by atomic mass is 32.1. The first-order chi connectivity index (χ1) is 9.65. The van der Waals surface area contributed by atoms with Gasteiger partial charge in [0.15, 0.2) is 0 Å². The molecule has 1 aromatic heterocycles. The smallest absolute Gasteiger partial charge is 0.226 e. The van der Waals surface area contributed by atoms with Crippen molar-refractivity contribution in [2.75, 3.05) is 5.32 Å². The lowest BCUT2D eigenvalue weighted by Crippen LogP contribution is -2.12. The Labute approximate surface area is 125 Å². The number of anilines is 1. The third-order valence-corrected chi connectivity index (χ3v) is 5.06. The van der Waals surface area contributed by atoms with E-state index in [2.05, 4.69) is 29.4 Å². The summed E-state index contributed by atoms with van der Waals surface area (Å²) in [5, 5.41) is 12.6. The molecule has 0 radical (unpaired) electrons. The largest absolute Gasteiger partial charge is 0.301 e. The summed E-state index contributed by atoms with van der Waals surface area (Å²) in [6.07, 6.45) is 9.65. The minimum atomic E-state index is 0.0762. The molecule has 1 aliphatic carbocycles. The first-order valence-electron chi connectivity index (χ1n) is 7.78. The first kappa shape index (κ1) is 15.4. The molecule has 0 atom stereocenters. The Morgan fingerprint density at radius 3 is 2.70 bits per heavy atom. The molecule has 5 heteroatoms. The van der Waals surface area contributed by atoms with Crippen LogP contribution in [-0.2, 0) is 4.79 Å². The summed E-state index contributed by atoms with van der Waals surface area (Å²) in [5.41, 5.74) is 0. The van der Waals surface area contributed by atoms with E-state index in [1.54, 1.807) is 0 Å². The van der Waals surface area contributed by atoms with Crippen LogP contribution >= 0.6 is 11.3 Å². The Morgan fingerprint density at radius 1 is 1.30 bits per heavy atom. The molecular weight excluding hydrogens is 270 g/mol. The van der Waals surface area contributed by atoms with Gasteiger partial charge in [0, 0.05) is 12.3 Å². The lowest BCUT2D eigenvalue weighted by atomic mass is 9.86. The number of hydrogen-bond acceptors (Lipinski definition) is 4. The standard InChI is InChI=1S/C15H25N3OS/c1-11(2)14-17-18-15(20-14)16-13(19)10-6-9-12-7-4-3-5-8-12/h11-12H,3-10H2,1-2H3,(H,16,18,19). The molecule has 0 spiro atoms. The average molecular weight is 295 g/mol. The molecule has 1 aromatic rings. The first-order valence-corrected chi connectivity index (χ1v) is 8.60. The van der Waals surface area contributed by atoms with Crippen LogP contribution in [0.15, 0.2) is 0 Å². The van der Waals surface area contributed by atoms with Crippen molar-refractivity contribution in [2.45, 2.75) is 71.1 Å². The monoisotopic (exact) mass is 295 g/mol. The van der Waals surface area contributed by atoms with Gasteiger partial charge in [0.05, 0.1) is 0 Å². The van der Waals surface area contributed by atoms with E-state index in [0.29, 0.717) is 17.5 Å². The summed E-state index contributed by atoms with van der Waals surface area (Å²) < 4.78 is 0. The molecule has 1 heterocycles. The topological polar surface area (TPSA) is 54.9 Å². The summed E-state index contributed by atoms with van der Waals surface area (Å²) in [4.78, 5) is 11.9. The van der Waals surface area contributed by atoms with Crippen LogP contribution in [0.3, 0.4) is 0 Å². The van der Waals surface area contributed by atoms with Gasteiger partial charge in [-0.2, -0.15) is 0 Å². The van der Waals surface area contributed by atoms with E-state index < -0.39 is 0 Å². The van der Waals surface area contributed by atoms with Crippen LogP contribution in [-0.4, -0.2) is 16.1 Å². The molecule has 0 saturated heterocycles. The zero-order chi connectivity index (χ0) is 14.4. The lowest BCUT2D eigenvalue weighted by molar-refractivity contribution is -0.116. The molecule has 4 nitrogen and oxygen atoms in total. The molecule has 112 valence electrons. The number of nitrogens with zero attached hydrogens (tertiary/aromatic N) is 2. The van der Waals surface area contributed by atoms with Crippen molar-refractivity contribution in [2.24, 2.45) is 5.92 Å². The Balaban J connectivity index is 1.66. The SMILES string of the molecule is CC(C)c1nnc(NC(=O)CCCC2CCCCC2)s1. The van der Waals surface area contributed by atoms with Gasteiger partial charge in [-0.05, 0) is 18.8 Å². The molecule has 0 unspecified atom stereocenters. The molecule has 1 aliphatic rings. The Bertz CT molecular complexity index is 425. The third-order valence-electron chi connectivity index (χ3n) is 3.92. The molecular formula is C15H25N3OS. The van der Waals surface area contributed by atoms with Gasteiger partial charge >= 0.3 is 0 Å². The maximum absolute atomic E-state index is 11.9. The van der Waals surface area contributed by atoms with Crippen LogP contribution in [0, 0.1) is 5.92 Å². The Morgan fingerprint density at radius 2 is 2.05 bits per heavy atom. The fourth-order valence-electron chi connectivity index (χ4n) is 2.73. The van der Waals surface area contributed by atoms with E-state index in [4.69, 9.17) is 0 Å². The highest BCUT2D eigenvalue weighted by Gasteiger charge is 2.14. The predicted octanol–water partition coefficient (Wildman–Crippen LogP) is 4.35. The lowest BCUT2D eigenvalue weighted by Gasteiger charge is -2.20. The van der Waals surface area contributed by atoms with Crippen LogP contribution in [0.1, 0.15) is 76.1 Å². The van der Waals surface area contributed by atoms with Crippen molar-refractivity contribution in [3.63, 3.8) is 0 Å². The quantitative estimate of drug-likeness (QED) is 0.848. The maximum Gasteiger partial charge on any atom is 0.226 e. The molecule has 2 rings (SSSR count). The van der Waals surface area contributed by atoms with Crippen molar-refractivity contribution in [3.8, 4) is 0 Å². The summed E-state index contributed by atoms with van der Waals surface area (Å²) in [5.74, 6) is 1.29. The highest BCUT2D eigenvalue weighted by molar-refractivity contribution is 7.15. The summed E-state index contributed by atoms with van der Waals surface area (Å²) >= 11 is 1.48. The highest BCUT2D eigenvalue weighted by Crippen LogP contribution is 2.28. The van der Waals surface area contributed by atoms with Crippen molar-refractivity contribution < 1.29 is 4.79 Å². The fourth-order valence-corrected chi connectivity index (χ4v) is 3.49. The van der Waals surface area contributed by atoms with Crippen LogP contribution in [0.4, 0.5) is 5.13 Å². The molecule has 1 amide bonds. The van der Waals surface area contributed by atoms with Gasteiger partial charge in [-0.1, -0.05) is 57.3 Å². The molecule has 1 saturated carbocycles.